The minimum absolute atomic E-state index is 0.351. The summed E-state index contributed by atoms with van der Waals surface area (Å²) in [4.78, 5) is 24.3. The van der Waals surface area contributed by atoms with Gasteiger partial charge in [-0.15, -0.1) is 0 Å². The fourth-order valence-electron chi connectivity index (χ4n) is 3.05. The maximum absolute atomic E-state index is 12.3. The summed E-state index contributed by atoms with van der Waals surface area (Å²) in [6, 6.07) is 13.8. The monoisotopic (exact) mass is 400 g/mol. The van der Waals surface area contributed by atoms with Gasteiger partial charge in [-0.1, -0.05) is 42.8 Å². The number of esters is 1. The van der Waals surface area contributed by atoms with E-state index in [0.717, 1.165) is 11.1 Å². The van der Waals surface area contributed by atoms with Crippen LogP contribution in [-0.2, 0) is 16.1 Å². The largest absolute Gasteiger partial charge is 0.489 e. The topological polar surface area (TPSA) is 76.7 Å². The molecule has 0 fully saturated rings. The Morgan fingerprint density at radius 2 is 1.93 bits per heavy atom. The second kappa shape index (κ2) is 8.80. The number of carbonyl (C=O) groups is 2. The molecule has 0 radical (unpaired) electrons. The summed E-state index contributed by atoms with van der Waals surface area (Å²) in [5.74, 6) is 0.193. The Balaban J connectivity index is 1.79. The first-order valence-corrected chi connectivity index (χ1v) is 9.25. The molecule has 0 spiro atoms. The van der Waals surface area contributed by atoms with Crippen molar-refractivity contribution in [2.24, 2.45) is 0 Å². The number of halogens is 1. The first-order valence-electron chi connectivity index (χ1n) is 8.88. The molecule has 3 rings (SSSR count). The number of allylic oxidation sites excluding steroid dienone is 1. The third-order valence-corrected chi connectivity index (χ3v) is 4.66. The van der Waals surface area contributed by atoms with Crippen LogP contribution < -0.4 is 15.4 Å². The minimum atomic E-state index is -0.585. The summed E-state index contributed by atoms with van der Waals surface area (Å²) in [5.41, 5.74) is 2.68. The highest BCUT2D eigenvalue weighted by Gasteiger charge is 2.32. The van der Waals surface area contributed by atoms with Crippen LogP contribution >= 0.6 is 11.6 Å². The molecular weight excluding hydrogens is 380 g/mol. The number of amides is 2. The summed E-state index contributed by atoms with van der Waals surface area (Å²) in [7, 11) is 1.32. The molecule has 1 atom stereocenters. The molecule has 28 heavy (non-hydrogen) atoms. The number of nitrogens with one attached hydrogen (secondary N) is 2. The van der Waals surface area contributed by atoms with Crippen molar-refractivity contribution in [3.05, 3.63) is 76.0 Å². The van der Waals surface area contributed by atoms with Gasteiger partial charge >= 0.3 is 12.0 Å². The molecule has 2 aromatic carbocycles. The molecular formula is C21H21ClN2O4. The Bertz CT molecular complexity index is 909. The van der Waals surface area contributed by atoms with Crippen LogP contribution in [0.15, 0.2) is 59.8 Å². The number of hydrogen-bond donors (Lipinski definition) is 2. The van der Waals surface area contributed by atoms with Gasteiger partial charge in [-0.05, 0) is 41.8 Å². The fourth-order valence-corrected chi connectivity index (χ4v) is 3.26. The number of benzene rings is 2. The predicted octanol–water partition coefficient (Wildman–Crippen LogP) is 4.11. The van der Waals surface area contributed by atoms with E-state index in [2.05, 4.69) is 10.6 Å². The number of methoxy groups -OCH3 is 1. The average molecular weight is 401 g/mol. The van der Waals surface area contributed by atoms with E-state index in [-0.39, 0.29) is 6.03 Å². The van der Waals surface area contributed by atoms with Crippen LogP contribution in [0.3, 0.4) is 0 Å². The highest BCUT2D eigenvalue weighted by atomic mass is 35.5. The lowest BCUT2D eigenvalue weighted by Crippen LogP contribution is -2.45. The molecule has 0 saturated carbocycles. The molecule has 0 saturated heterocycles. The zero-order chi connectivity index (χ0) is 20.1. The van der Waals surface area contributed by atoms with Crippen molar-refractivity contribution >= 4 is 23.6 Å². The lowest BCUT2D eigenvalue weighted by atomic mass is 9.94. The zero-order valence-electron chi connectivity index (χ0n) is 15.6. The number of carbonyl (C=O) groups excluding carboxylic acids is 2. The first kappa shape index (κ1) is 19.8. The van der Waals surface area contributed by atoms with Gasteiger partial charge in [-0.2, -0.15) is 0 Å². The van der Waals surface area contributed by atoms with E-state index in [1.807, 2.05) is 43.3 Å². The van der Waals surface area contributed by atoms with Crippen molar-refractivity contribution in [1.82, 2.24) is 10.6 Å². The summed E-state index contributed by atoms with van der Waals surface area (Å²) < 4.78 is 10.7. The highest BCUT2D eigenvalue weighted by Crippen LogP contribution is 2.30. The van der Waals surface area contributed by atoms with Gasteiger partial charge in [0.15, 0.2) is 0 Å². The van der Waals surface area contributed by atoms with Crippen molar-refractivity contribution in [1.29, 1.82) is 0 Å². The van der Waals surface area contributed by atoms with Crippen LogP contribution in [0, 0.1) is 0 Å². The van der Waals surface area contributed by atoms with Crippen LogP contribution in [-0.4, -0.2) is 19.1 Å². The van der Waals surface area contributed by atoms with Crippen LogP contribution in [0.1, 0.15) is 30.5 Å². The van der Waals surface area contributed by atoms with Gasteiger partial charge in [0.25, 0.3) is 0 Å². The molecule has 1 aliphatic heterocycles. The van der Waals surface area contributed by atoms with Crippen molar-refractivity contribution in [3.8, 4) is 5.75 Å². The second-order valence-electron chi connectivity index (χ2n) is 6.26. The molecule has 1 unspecified atom stereocenters. The second-order valence-corrected chi connectivity index (χ2v) is 6.69. The van der Waals surface area contributed by atoms with Gasteiger partial charge in [-0.25, -0.2) is 9.59 Å². The molecule has 1 heterocycles. The van der Waals surface area contributed by atoms with Crippen molar-refractivity contribution in [3.63, 3.8) is 0 Å². The normalized spacial score (nSPS) is 16.2. The van der Waals surface area contributed by atoms with E-state index < -0.39 is 12.0 Å². The maximum atomic E-state index is 12.3. The molecule has 146 valence electrons. The number of ether oxygens (including phenoxy) is 2. The molecule has 2 aromatic rings. The summed E-state index contributed by atoms with van der Waals surface area (Å²) in [6.45, 7) is 2.25. The van der Waals surface area contributed by atoms with Gasteiger partial charge in [0, 0.05) is 10.7 Å². The maximum Gasteiger partial charge on any atom is 0.337 e. The minimum Gasteiger partial charge on any atom is -0.489 e. The third-order valence-electron chi connectivity index (χ3n) is 4.42. The third kappa shape index (κ3) is 4.46. The zero-order valence-corrected chi connectivity index (χ0v) is 16.4. The molecule has 0 bridgehead atoms. The number of hydrogen-bond acceptors (Lipinski definition) is 4. The van der Waals surface area contributed by atoms with Gasteiger partial charge in [-0.3, -0.25) is 0 Å². The summed E-state index contributed by atoms with van der Waals surface area (Å²) in [6.07, 6.45) is 0.509. The van der Waals surface area contributed by atoms with Gasteiger partial charge < -0.3 is 20.1 Å². The molecule has 1 aliphatic rings. The van der Waals surface area contributed by atoms with E-state index in [1.54, 1.807) is 12.1 Å². The Hall–Kier alpha value is -2.99. The van der Waals surface area contributed by atoms with Crippen LogP contribution in [0.4, 0.5) is 4.79 Å². The Labute approximate surface area is 168 Å². The molecule has 2 amide bonds. The predicted molar refractivity (Wildman–Crippen MR) is 106 cm³/mol. The Morgan fingerprint density at radius 1 is 1.18 bits per heavy atom. The fraction of sp³-hybridized carbons (Fsp3) is 0.238. The summed E-state index contributed by atoms with van der Waals surface area (Å²) >= 11 is 5.98. The highest BCUT2D eigenvalue weighted by molar-refractivity contribution is 6.30. The van der Waals surface area contributed by atoms with E-state index >= 15 is 0 Å². The van der Waals surface area contributed by atoms with E-state index in [4.69, 9.17) is 21.1 Å². The lowest BCUT2D eigenvalue weighted by Gasteiger charge is -2.28. The molecule has 2 N–H and O–H groups in total. The molecule has 0 aromatic heterocycles. The van der Waals surface area contributed by atoms with Crippen molar-refractivity contribution in [2.75, 3.05) is 7.11 Å². The summed E-state index contributed by atoms with van der Waals surface area (Å²) in [5, 5.41) is 6.12. The molecule has 6 nitrogen and oxygen atoms in total. The Morgan fingerprint density at radius 3 is 2.57 bits per heavy atom. The van der Waals surface area contributed by atoms with Crippen LogP contribution in [0.2, 0.25) is 5.02 Å². The molecule has 7 heteroatoms. The Kier molecular flexibility index (Phi) is 6.21. The molecule has 0 aliphatic carbocycles. The smallest absolute Gasteiger partial charge is 0.337 e. The van der Waals surface area contributed by atoms with E-state index in [1.165, 1.54) is 7.11 Å². The first-order chi connectivity index (χ1) is 13.5. The van der Waals surface area contributed by atoms with Crippen molar-refractivity contribution < 1.29 is 19.1 Å². The standard InChI is InChI=1S/C21H21ClN2O4/c1-3-17-18(20(25)27-2)19(24-21(26)23-17)14-7-9-16(10-8-14)28-12-13-5-4-6-15(22)11-13/h4-11,19H,3,12H2,1-2H3,(H2,23,24,26). The average Bonchev–Trinajstić information content (AvgIpc) is 2.71. The number of rotatable bonds is 6. The van der Waals surface area contributed by atoms with E-state index in [0.29, 0.717) is 35.1 Å². The van der Waals surface area contributed by atoms with Gasteiger partial charge in [0.2, 0.25) is 0 Å². The lowest BCUT2D eigenvalue weighted by molar-refractivity contribution is -0.136. The van der Waals surface area contributed by atoms with Crippen LogP contribution in [0.25, 0.3) is 0 Å². The number of urea groups is 1. The quantitative estimate of drug-likeness (QED) is 0.715. The SMILES string of the molecule is CCC1=C(C(=O)OC)C(c2ccc(OCc3cccc(Cl)c3)cc2)NC(=O)N1. The van der Waals surface area contributed by atoms with Gasteiger partial charge in [0.05, 0.1) is 18.7 Å². The van der Waals surface area contributed by atoms with Crippen LogP contribution in [0.5, 0.6) is 5.75 Å². The van der Waals surface area contributed by atoms with E-state index in [9.17, 15) is 9.59 Å². The van der Waals surface area contributed by atoms with Crippen molar-refractivity contribution in [2.45, 2.75) is 26.0 Å². The van der Waals surface area contributed by atoms with Gasteiger partial charge in [0.1, 0.15) is 12.4 Å².